The number of pyridine rings is 1. The van der Waals surface area contributed by atoms with Gasteiger partial charge >= 0.3 is 0 Å². The Kier molecular flexibility index (Phi) is 5.02. The van der Waals surface area contributed by atoms with Gasteiger partial charge in [0.15, 0.2) is 0 Å². The fourth-order valence-corrected chi connectivity index (χ4v) is 1.91. The van der Waals surface area contributed by atoms with Crippen LogP contribution in [0.5, 0.6) is 0 Å². The van der Waals surface area contributed by atoms with Gasteiger partial charge in [-0.1, -0.05) is 12.2 Å². The van der Waals surface area contributed by atoms with E-state index in [0.29, 0.717) is 4.99 Å². The lowest BCUT2D eigenvalue weighted by atomic mass is 10.2. The highest BCUT2D eigenvalue weighted by Gasteiger charge is 2.06. The van der Waals surface area contributed by atoms with Gasteiger partial charge in [-0.3, -0.25) is 0 Å². The molecule has 0 saturated heterocycles. The molecule has 0 spiro atoms. The summed E-state index contributed by atoms with van der Waals surface area (Å²) in [6.45, 7) is 2.92. The average Bonchev–Trinajstić information content (AvgIpc) is 2.24. The fraction of sp³-hybridized carbons (Fsp3) is 0.455. The molecule has 16 heavy (non-hydrogen) atoms. The van der Waals surface area contributed by atoms with Crippen LogP contribution >= 0.6 is 24.0 Å². The Morgan fingerprint density at radius 3 is 2.81 bits per heavy atom. The number of thioether (sulfide) groups is 1. The van der Waals surface area contributed by atoms with Crippen LogP contribution in [0.15, 0.2) is 12.1 Å². The van der Waals surface area contributed by atoms with Gasteiger partial charge in [-0.25, -0.2) is 4.98 Å². The number of hydrogen-bond donors (Lipinski definition) is 1. The van der Waals surface area contributed by atoms with Crippen molar-refractivity contribution in [3.05, 3.63) is 23.4 Å². The van der Waals surface area contributed by atoms with Crippen molar-refractivity contribution >= 4 is 34.8 Å². The number of aromatic nitrogens is 1. The van der Waals surface area contributed by atoms with Crippen LogP contribution in [0.3, 0.4) is 0 Å². The zero-order chi connectivity index (χ0) is 12.1. The van der Waals surface area contributed by atoms with Crippen LogP contribution in [0.2, 0.25) is 0 Å². The first kappa shape index (κ1) is 13.3. The van der Waals surface area contributed by atoms with Crippen LogP contribution in [0, 0.1) is 6.92 Å². The standard InChI is InChI=1S/C11H17N3S2/c1-8-6-9(11(12)15)7-10(13-8)14(2)4-5-16-3/h6-7H,4-5H2,1-3H3,(H2,12,15). The fourth-order valence-electron chi connectivity index (χ4n) is 1.33. The molecule has 1 rings (SSSR count). The van der Waals surface area contributed by atoms with Crippen LogP contribution < -0.4 is 10.6 Å². The second kappa shape index (κ2) is 6.06. The first-order chi connectivity index (χ1) is 7.54. The molecular weight excluding hydrogens is 238 g/mol. The van der Waals surface area contributed by atoms with Crippen LogP contribution in [0.25, 0.3) is 0 Å². The van der Waals surface area contributed by atoms with Crippen LogP contribution in [-0.2, 0) is 0 Å². The third-order valence-electron chi connectivity index (χ3n) is 2.25. The molecule has 0 fully saturated rings. The Balaban J connectivity index is 2.91. The number of rotatable bonds is 5. The second-order valence-electron chi connectivity index (χ2n) is 3.63. The maximum Gasteiger partial charge on any atom is 0.129 e. The number of nitrogens with two attached hydrogens (primary N) is 1. The summed E-state index contributed by atoms with van der Waals surface area (Å²) in [5.41, 5.74) is 7.46. The van der Waals surface area contributed by atoms with E-state index in [2.05, 4.69) is 16.1 Å². The summed E-state index contributed by atoms with van der Waals surface area (Å²) < 4.78 is 0. The van der Waals surface area contributed by atoms with E-state index in [4.69, 9.17) is 18.0 Å². The van der Waals surface area contributed by atoms with E-state index in [1.807, 2.05) is 37.9 Å². The van der Waals surface area contributed by atoms with Gasteiger partial charge in [0.25, 0.3) is 0 Å². The van der Waals surface area contributed by atoms with Gasteiger partial charge in [-0.15, -0.1) is 0 Å². The van der Waals surface area contributed by atoms with Crippen molar-refractivity contribution in [2.75, 3.05) is 30.5 Å². The molecule has 5 heteroatoms. The summed E-state index contributed by atoms with van der Waals surface area (Å²) in [5.74, 6) is 2.01. The molecular formula is C11H17N3S2. The predicted molar refractivity (Wildman–Crippen MR) is 76.5 cm³/mol. The third-order valence-corrected chi connectivity index (χ3v) is 3.07. The molecule has 0 unspecified atom stereocenters. The minimum absolute atomic E-state index is 0.421. The molecule has 0 aliphatic rings. The number of nitrogens with zero attached hydrogens (tertiary/aromatic N) is 2. The Hall–Kier alpha value is -0.810. The quantitative estimate of drug-likeness (QED) is 0.813. The van der Waals surface area contributed by atoms with Gasteiger partial charge in [0.05, 0.1) is 0 Å². The first-order valence-corrected chi connectivity index (χ1v) is 6.83. The molecule has 0 aliphatic carbocycles. The molecule has 1 aromatic heterocycles. The maximum absolute atomic E-state index is 5.63. The zero-order valence-electron chi connectivity index (χ0n) is 9.86. The van der Waals surface area contributed by atoms with Crippen molar-refractivity contribution < 1.29 is 0 Å². The largest absolute Gasteiger partial charge is 0.389 e. The summed E-state index contributed by atoms with van der Waals surface area (Å²) >= 11 is 6.80. The van der Waals surface area contributed by atoms with E-state index >= 15 is 0 Å². The summed E-state index contributed by atoms with van der Waals surface area (Å²) in [6.07, 6.45) is 2.10. The summed E-state index contributed by atoms with van der Waals surface area (Å²) in [5, 5.41) is 0. The highest BCUT2D eigenvalue weighted by atomic mass is 32.2. The monoisotopic (exact) mass is 255 g/mol. The lowest BCUT2D eigenvalue weighted by Gasteiger charge is -2.18. The smallest absolute Gasteiger partial charge is 0.129 e. The van der Waals surface area contributed by atoms with Crippen molar-refractivity contribution in [1.29, 1.82) is 0 Å². The van der Waals surface area contributed by atoms with E-state index in [1.54, 1.807) is 0 Å². The Morgan fingerprint density at radius 2 is 2.25 bits per heavy atom. The molecule has 0 saturated carbocycles. The Bertz CT molecular complexity index is 379. The van der Waals surface area contributed by atoms with Crippen LogP contribution in [-0.4, -0.2) is 35.6 Å². The van der Waals surface area contributed by atoms with Crippen molar-refractivity contribution in [2.24, 2.45) is 5.73 Å². The normalized spacial score (nSPS) is 10.2. The minimum Gasteiger partial charge on any atom is -0.389 e. The summed E-state index contributed by atoms with van der Waals surface area (Å²) in [4.78, 5) is 7.01. The van der Waals surface area contributed by atoms with Gasteiger partial charge in [0.2, 0.25) is 0 Å². The van der Waals surface area contributed by atoms with Gasteiger partial charge in [0, 0.05) is 30.6 Å². The van der Waals surface area contributed by atoms with E-state index in [-0.39, 0.29) is 0 Å². The summed E-state index contributed by atoms with van der Waals surface area (Å²) in [7, 11) is 2.03. The summed E-state index contributed by atoms with van der Waals surface area (Å²) in [6, 6.07) is 3.85. The van der Waals surface area contributed by atoms with Crippen molar-refractivity contribution in [3.63, 3.8) is 0 Å². The van der Waals surface area contributed by atoms with Crippen LogP contribution in [0.4, 0.5) is 5.82 Å². The second-order valence-corrected chi connectivity index (χ2v) is 5.06. The Labute approximate surface area is 106 Å². The maximum atomic E-state index is 5.63. The molecule has 0 aliphatic heterocycles. The van der Waals surface area contributed by atoms with Crippen molar-refractivity contribution in [2.45, 2.75) is 6.92 Å². The van der Waals surface area contributed by atoms with E-state index in [0.717, 1.165) is 29.4 Å². The molecule has 3 nitrogen and oxygen atoms in total. The van der Waals surface area contributed by atoms with Gasteiger partial charge < -0.3 is 10.6 Å². The minimum atomic E-state index is 0.421. The molecule has 0 bridgehead atoms. The van der Waals surface area contributed by atoms with E-state index in [1.165, 1.54) is 0 Å². The van der Waals surface area contributed by atoms with Crippen molar-refractivity contribution in [3.8, 4) is 0 Å². The molecule has 0 atom stereocenters. The average molecular weight is 255 g/mol. The van der Waals surface area contributed by atoms with Crippen molar-refractivity contribution in [1.82, 2.24) is 4.98 Å². The topological polar surface area (TPSA) is 42.1 Å². The first-order valence-electron chi connectivity index (χ1n) is 5.03. The van der Waals surface area contributed by atoms with Gasteiger partial charge in [0.1, 0.15) is 10.8 Å². The third kappa shape index (κ3) is 3.64. The van der Waals surface area contributed by atoms with Gasteiger partial charge in [-0.05, 0) is 25.3 Å². The molecule has 0 amide bonds. The van der Waals surface area contributed by atoms with Gasteiger partial charge in [-0.2, -0.15) is 11.8 Å². The number of hydrogen-bond acceptors (Lipinski definition) is 4. The molecule has 0 aromatic carbocycles. The number of aryl methyl sites for hydroxylation is 1. The lowest BCUT2D eigenvalue weighted by Crippen LogP contribution is -2.22. The highest BCUT2D eigenvalue weighted by molar-refractivity contribution is 7.98. The molecule has 88 valence electrons. The Morgan fingerprint density at radius 1 is 1.56 bits per heavy atom. The molecule has 0 radical (unpaired) electrons. The SMILES string of the molecule is CSCCN(C)c1cc(C(N)=S)cc(C)n1. The molecule has 2 N–H and O–H groups in total. The number of thiocarbonyl (C=S) groups is 1. The van der Waals surface area contributed by atoms with E-state index < -0.39 is 0 Å². The predicted octanol–water partition coefficient (Wildman–Crippen LogP) is 1.82. The molecule has 1 aromatic rings. The zero-order valence-corrected chi connectivity index (χ0v) is 11.5. The lowest BCUT2D eigenvalue weighted by molar-refractivity contribution is 0.938. The highest BCUT2D eigenvalue weighted by Crippen LogP contribution is 2.14. The van der Waals surface area contributed by atoms with Crippen LogP contribution in [0.1, 0.15) is 11.3 Å². The number of anilines is 1. The molecule has 1 heterocycles. The van der Waals surface area contributed by atoms with E-state index in [9.17, 15) is 0 Å².